The molecule has 1 rings (SSSR count). The molecule has 0 unspecified atom stereocenters. The lowest BCUT2D eigenvalue weighted by atomic mass is 10.2. The van der Waals surface area contributed by atoms with Crippen molar-refractivity contribution >= 4 is 5.91 Å². The van der Waals surface area contributed by atoms with Crippen LogP contribution in [0.4, 0.5) is 0 Å². The lowest BCUT2D eigenvalue weighted by Gasteiger charge is -2.21. The van der Waals surface area contributed by atoms with Gasteiger partial charge in [-0.1, -0.05) is 0 Å². The summed E-state index contributed by atoms with van der Waals surface area (Å²) in [5, 5.41) is 0. The second-order valence-electron chi connectivity index (χ2n) is 4.56. The van der Waals surface area contributed by atoms with Crippen molar-refractivity contribution in [1.82, 2.24) is 9.80 Å². The Labute approximate surface area is 98.5 Å². The van der Waals surface area contributed by atoms with Crippen molar-refractivity contribution in [2.24, 2.45) is 0 Å². The van der Waals surface area contributed by atoms with E-state index in [1.165, 1.54) is 6.42 Å². The van der Waals surface area contributed by atoms with Crippen LogP contribution in [0, 0.1) is 0 Å². The molecule has 0 aromatic heterocycles. The molecular formula is C12H24N2O2. The third-order valence-electron chi connectivity index (χ3n) is 3.15. The number of likely N-dealkylation sites (N-methyl/N-ethyl adjacent to an activating group) is 1. The molecule has 0 spiro atoms. The predicted octanol–water partition coefficient (Wildman–Crippen LogP) is 0.966. The molecular weight excluding hydrogens is 204 g/mol. The number of rotatable bonds is 6. The Morgan fingerprint density at radius 2 is 2.19 bits per heavy atom. The van der Waals surface area contributed by atoms with Crippen LogP contribution in [0.15, 0.2) is 0 Å². The summed E-state index contributed by atoms with van der Waals surface area (Å²) in [7, 11) is 3.91. The summed E-state index contributed by atoms with van der Waals surface area (Å²) < 4.78 is 5.56. The van der Waals surface area contributed by atoms with Crippen molar-refractivity contribution < 1.29 is 9.53 Å². The molecule has 1 aliphatic rings. The molecule has 1 heterocycles. The van der Waals surface area contributed by atoms with Gasteiger partial charge in [-0.3, -0.25) is 4.79 Å². The Balaban J connectivity index is 2.13. The fraction of sp³-hybridized carbons (Fsp3) is 0.917. The van der Waals surface area contributed by atoms with Crippen LogP contribution in [-0.4, -0.2) is 62.1 Å². The maximum atomic E-state index is 11.6. The molecule has 1 atom stereocenters. The van der Waals surface area contributed by atoms with Crippen LogP contribution in [0.5, 0.6) is 0 Å². The molecule has 0 saturated carbocycles. The maximum absolute atomic E-state index is 11.6. The fourth-order valence-electron chi connectivity index (χ4n) is 1.88. The van der Waals surface area contributed by atoms with Crippen LogP contribution in [0.2, 0.25) is 0 Å². The molecule has 0 aromatic rings. The maximum Gasteiger partial charge on any atom is 0.223 e. The quantitative estimate of drug-likeness (QED) is 0.679. The minimum atomic E-state index is 0.224. The minimum Gasteiger partial charge on any atom is -0.377 e. The zero-order chi connectivity index (χ0) is 12.0. The Kier molecular flexibility index (Phi) is 5.77. The van der Waals surface area contributed by atoms with E-state index in [0.717, 1.165) is 32.7 Å². The van der Waals surface area contributed by atoms with Gasteiger partial charge >= 0.3 is 0 Å². The SMILES string of the molecule is CCN(C)C(=O)CCN(C)C[C@@H]1CCCO1. The van der Waals surface area contributed by atoms with Crippen LogP contribution in [0.3, 0.4) is 0 Å². The van der Waals surface area contributed by atoms with Gasteiger partial charge in [0.25, 0.3) is 0 Å². The summed E-state index contributed by atoms with van der Waals surface area (Å²) >= 11 is 0. The molecule has 0 radical (unpaired) electrons. The first-order valence-corrected chi connectivity index (χ1v) is 6.17. The second kappa shape index (κ2) is 6.86. The highest BCUT2D eigenvalue weighted by Gasteiger charge is 2.17. The van der Waals surface area contributed by atoms with Crippen molar-refractivity contribution in [2.75, 3.05) is 40.3 Å². The van der Waals surface area contributed by atoms with Crippen molar-refractivity contribution in [3.8, 4) is 0 Å². The standard InChI is InChI=1S/C12H24N2O2/c1-4-14(3)12(15)7-8-13(2)10-11-6-5-9-16-11/h11H,4-10H2,1-3H3/t11-/m0/s1. The van der Waals surface area contributed by atoms with E-state index in [9.17, 15) is 4.79 Å². The zero-order valence-corrected chi connectivity index (χ0v) is 10.7. The van der Waals surface area contributed by atoms with Crippen LogP contribution in [0.25, 0.3) is 0 Å². The molecule has 16 heavy (non-hydrogen) atoms. The molecule has 1 saturated heterocycles. The smallest absolute Gasteiger partial charge is 0.223 e. The summed E-state index contributed by atoms with van der Waals surface area (Å²) in [6.07, 6.45) is 3.32. The number of amides is 1. The topological polar surface area (TPSA) is 32.8 Å². The van der Waals surface area contributed by atoms with E-state index in [1.54, 1.807) is 4.90 Å². The number of carbonyl (C=O) groups is 1. The van der Waals surface area contributed by atoms with Crippen LogP contribution >= 0.6 is 0 Å². The molecule has 1 amide bonds. The molecule has 94 valence electrons. The van der Waals surface area contributed by atoms with Gasteiger partial charge in [-0.2, -0.15) is 0 Å². The minimum absolute atomic E-state index is 0.224. The van der Waals surface area contributed by atoms with Gasteiger partial charge in [-0.05, 0) is 26.8 Å². The number of carbonyl (C=O) groups excluding carboxylic acids is 1. The Morgan fingerprint density at radius 1 is 1.44 bits per heavy atom. The Morgan fingerprint density at radius 3 is 2.75 bits per heavy atom. The van der Waals surface area contributed by atoms with Crippen molar-refractivity contribution in [3.63, 3.8) is 0 Å². The number of nitrogens with zero attached hydrogens (tertiary/aromatic N) is 2. The lowest BCUT2D eigenvalue weighted by molar-refractivity contribution is -0.130. The Bertz CT molecular complexity index is 215. The highest BCUT2D eigenvalue weighted by Crippen LogP contribution is 2.12. The highest BCUT2D eigenvalue weighted by atomic mass is 16.5. The van der Waals surface area contributed by atoms with Crippen molar-refractivity contribution in [1.29, 1.82) is 0 Å². The average molecular weight is 228 g/mol. The molecule has 0 aliphatic carbocycles. The van der Waals surface area contributed by atoms with Gasteiger partial charge in [0.2, 0.25) is 5.91 Å². The van der Waals surface area contributed by atoms with Gasteiger partial charge in [0.05, 0.1) is 6.10 Å². The first kappa shape index (κ1) is 13.5. The van der Waals surface area contributed by atoms with Gasteiger partial charge < -0.3 is 14.5 Å². The molecule has 0 N–H and O–H groups in total. The molecule has 0 bridgehead atoms. The highest BCUT2D eigenvalue weighted by molar-refractivity contribution is 5.75. The third-order valence-corrected chi connectivity index (χ3v) is 3.15. The van der Waals surface area contributed by atoms with Gasteiger partial charge in [-0.25, -0.2) is 0 Å². The van der Waals surface area contributed by atoms with Gasteiger partial charge in [0.15, 0.2) is 0 Å². The zero-order valence-electron chi connectivity index (χ0n) is 10.7. The average Bonchev–Trinajstić information content (AvgIpc) is 2.77. The van der Waals surface area contributed by atoms with Gasteiger partial charge in [-0.15, -0.1) is 0 Å². The van der Waals surface area contributed by atoms with Gasteiger partial charge in [0, 0.05) is 39.7 Å². The summed E-state index contributed by atoms with van der Waals surface area (Å²) in [4.78, 5) is 15.5. The molecule has 0 aromatic carbocycles. The van der Waals surface area contributed by atoms with E-state index in [1.807, 2.05) is 14.0 Å². The van der Waals surface area contributed by atoms with E-state index >= 15 is 0 Å². The summed E-state index contributed by atoms with van der Waals surface area (Å²) in [5.41, 5.74) is 0. The van der Waals surface area contributed by atoms with E-state index < -0.39 is 0 Å². The first-order valence-electron chi connectivity index (χ1n) is 6.17. The third kappa shape index (κ3) is 4.49. The molecule has 4 nitrogen and oxygen atoms in total. The van der Waals surface area contributed by atoms with Crippen molar-refractivity contribution in [3.05, 3.63) is 0 Å². The molecule has 4 heteroatoms. The molecule has 1 aliphatic heterocycles. The summed E-state index contributed by atoms with van der Waals surface area (Å²) in [6.45, 7) is 5.45. The number of ether oxygens (including phenoxy) is 1. The Hall–Kier alpha value is -0.610. The monoisotopic (exact) mass is 228 g/mol. The largest absolute Gasteiger partial charge is 0.377 e. The molecule has 1 fully saturated rings. The first-order chi connectivity index (χ1) is 7.63. The van der Waals surface area contributed by atoms with E-state index in [2.05, 4.69) is 11.9 Å². The lowest BCUT2D eigenvalue weighted by Crippen LogP contribution is -2.33. The van der Waals surface area contributed by atoms with E-state index in [-0.39, 0.29) is 5.91 Å². The van der Waals surface area contributed by atoms with Crippen molar-refractivity contribution in [2.45, 2.75) is 32.3 Å². The van der Waals surface area contributed by atoms with Crippen LogP contribution < -0.4 is 0 Å². The van der Waals surface area contributed by atoms with Crippen LogP contribution in [-0.2, 0) is 9.53 Å². The van der Waals surface area contributed by atoms with Crippen LogP contribution in [0.1, 0.15) is 26.2 Å². The normalized spacial score (nSPS) is 20.4. The number of hydrogen-bond acceptors (Lipinski definition) is 3. The van der Waals surface area contributed by atoms with Gasteiger partial charge in [0.1, 0.15) is 0 Å². The summed E-state index contributed by atoms with van der Waals surface area (Å²) in [5.74, 6) is 0.224. The predicted molar refractivity (Wildman–Crippen MR) is 64.4 cm³/mol. The summed E-state index contributed by atoms with van der Waals surface area (Å²) in [6, 6.07) is 0. The number of hydrogen-bond donors (Lipinski definition) is 0. The fourth-order valence-corrected chi connectivity index (χ4v) is 1.88. The van der Waals surface area contributed by atoms with E-state index in [0.29, 0.717) is 12.5 Å². The van der Waals surface area contributed by atoms with E-state index in [4.69, 9.17) is 4.74 Å². The second-order valence-corrected chi connectivity index (χ2v) is 4.56.